The number of aliphatic hydroxyl groups excluding tert-OH is 1. The largest absolute Gasteiger partial charge is 0.468 e. The van der Waals surface area contributed by atoms with Crippen LogP contribution < -0.4 is 25.0 Å². The number of carbonyl (C=O) groups excluding carboxylic acids is 4. The van der Waals surface area contributed by atoms with E-state index in [9.17, 15) is 33.1 Å². The molecule has 6 aromatic rings. The van der Waals surface area contributed by atoms with Gasteiger partial charge in [0, 0.05) is 87.7 Å². The summed E-state index contributed by atoms with van der Waals surface area (Å²) in [5.74, 6) is -1.36. The van der Waals surface area contributed by atoms with Gasteiger partial charge >= 0.3 is 12.1 Å². The molecular weight excluding hydrogens is 1180 g/mol. The van der Waals surface area contributed by atoms with Gasteiger partial charge in [-0.2, -0.15) is 9.97 Å². The molecule has 0 spiro atoms. The normalized spacial score (nSPS) is 20.0. The van der Waals surface area contributed by atoms with Gasteiger partial charge in [-0.05, 0) is 114 Å². The van der Waals surface area contributed by atoms with Crippen LogP contribution in [0.4, 0.5) is 28.2 Å². The Labute approximate surface area is 526 Å². The number of rotatable bonds is 21. The highest BCUT2D eigenvalue weighted by atomic mass is 19.1. The number of aliphatic hydroxyl groups is 1. The smallest absolute Gasteiger partial charge is 0.410 e. The molecule has 10 rings (SSSR count). The van der Waals surface area contributed by atoms with Crippen LogP contribution >= 0.6 is 0 Å². The van der Waals surface area contributed by atoms with Crippen LogP contribution in [0.2, 0.25) is 0 Å². The number of ether oxygens (including phenoxy) is 5. The fourth-order valence-electron chi connectivity index (χ4n) is 12.7. The summed E-state index contributed by atoms with van der Waals surface area (Å²) in [5, 5.41) is 17.5. The predicted octanol–water partition coefficient (Wildman–Crippen LogP) is 9.03. The Kier molecular flexibility index (Phi) is 20.0. The minimum Gasteiger partial charge on any atom is -0.468 e. The van der Waals surface area contributed by atoms with Crippen molar-refractivity contribution in [2.45, 2.75) is 141 Å². The van der Waals surface area contributed by atoms with Crippen molar-refractivity contribution >= 4 is 51.3 Å². The minimum atomic E-state index is -1.06. The summed E-state index contributed by atoms with van der Waals surface area (Å²) in [6, 6.07) is 9.24. The molecule has 484 valence electrons. The average Bonchev–Trinajstić information content (AvgIpc) is 1.48. The third-order valence-corrected chi connectivity index (χ3v) is 17.0. The first-order valence-corrected chi connectivity index (χ1v) is 30.8. The van der Waals surface area contributed by atoms with Crippen molar-refractivity contribution in [1.29, 1.82) is 0 Å². The fourth-order valence-corrected chi connectivity index (χ4v) is 12.7. The first-order valence-electron chi connectivity index (χ1n) is 30.8. The van der Waals surface area contributed by atoms with Crippen LogP contribution in [0, 0.1) is 41.0 Å². The van der Waals surface area contributed by atoms with Crippen molar-refractivity contribution in [1.82, 2.24) is 45.3 Å². The molecule has 4 aliphatic rings. The summed E-state index contributed by atoms with van der Waals surface area (Å²) in [6.45, 7) is 15.0. The lowest BCUT2D eigenvalue weighted by atomic mass is 9.85. The lowest BCUT2D eigenvalue weighted by Gasteiger charge is -2.42. The van der Waals surface area contributed by atoms with E-state index < -0.39 is 82.3 Å². The monoisotopic (exact) mass is 1260 g/mol. The Morgan fingerprint density at radius 2 is 1.62 bits per heavy atom. The van der Waals surface area contributed by atoms with Crippen LogP contribution in [0.15, 0.2) is 67.0 Å². The second-order valence-corrected chi connectivity index (χ2v) is 25.8. The Bertz CT molecular complexity index is 3700. The van der Waals surface area contributed by atoms with Crippen molar-refractivity contribution in [3.8, 4) is 46.5 Å². The second-order valence-electron chi connectivity index (χ2n) is 25.8. The Balaban J connectivity index is 0.770. The van der Waals surface area contributed by atoms with Crippen molar-refractivity contribution in [2.75, 3.05) is 71.3 Å². The molecule has 0 saturated carbocycles. The molecule has 3 aromatic carbocycles. The van der Waals surface area contributed by atoms with E-state index in [0.29, 0.717) is 60.7 Å². The van der Waals surface area contributed by atoms with Gasteiger partial charge in [0.15, 0.2) is 12.6 Å². The molecular formula is C67H78F4N10O10. The number of hydrogen-bond acceptors (Lipinski definition) is 16. The van der Waals surface area contributed by atoms with Gasteiger partial charge in [0.1, 0.15) is 64.5 Å². The molecule has 4 fully saturated rings. The van der Waals surface area contributed by atoms with Crippen molar-refractivity contribution in [3.63, 3.8) is 0 Å². The lowest BCUT2D eigenvalue weighted by Crippen LogP contribution is -2.58. The first-order chi connectivity index (χ1) is 43.4. The van der Waals surface area contributed by atoms with E-state index in [0.717, 1.165) is 44.4 Å². The number of anilines is 1. The summed E-state index contributed by atoms with van der Waals surface area (Å²) in [6.07, 6.45) is 11.0. The van der Waals surface area contributed by atoms with E-state index in [1.807, 2.05) is 25.7 Å². The maximum Gasteiger partial charge on any atom is 0.410 e. The molecule has 2 bridgehead atoms. The second kappa shape index (κ2) is 27.7. The molecule has 7 heterocycles. The zero-order valence-corrected chi connectivity index (χ0v) is 52.5. The van der Waals surface area contributed by atoms with E-state index in [1.54, 1.807) is 44.7 Å². The van der Waals surface area contributed by atoms with Crippen LogP contribution in [0.1, 0.15) is 111 Å². The molecule has 3 N–H and O–H groups in total. The topological polar surface area (TPSA) is 223 Å². The number of nitrogens with one attached hydrogen (secondary N) is 2. The molecule has 24 heteroatoms. The van der Waals surface area contributed by atoms with Gasteiger partial charge in [0.05, 0.1) is 53.0 Å². The van der Waals surface area contributed by atoms with Gasteiger partial charge < -0.3 is 49.2 Å². The maximum atomic E-state index is 17.7. The van der Waals surface area contributed by atoms with E-state index in [2.05, 4.69) is 31.4 Å². The number of β-amino-alcohol motifs (C(OH)–C–C–N with tert-alkyl or cyclic N) is 1. The molecule has 4 aliphatic heterocycles. The third-order valence-electron chi connectivity index (χ3n) is 17.0. The average molecular weight is 1260 g/mol. The van der Waals surface area contributed by atoms with Gasteiger partial charge in [-0.1, -0.05) is 44.9 Å². The number of likely N-dealkylation sites (tertiary alicyclic amines) is 2. The third kappa shape index (κ3) is 14.8. The molecule has 20 nitrogen and oxygen atoms in total. The lowest BCUT2D eigenvalue weighted by molar-refractivity contribution is -0.144. The molecule has 2 unspecified atom stereocenters. The number of hydrogen-bond donors (Lipinski definition) is 3. The Morgan fingerprint density at radius 1 is 0.868 bits per heavy atom. The van der Waals surface area contributed by atoms with Gasteiger partial charge in [0.25, 0.3) is 0 Å². The van der Waals surface area contributed by atoms with Crippen LogP contribution in [0.5, 0.6) is 11.8 Å². The molecule has 3 aromatic heterocycles. The number of benzene rings is 3. The maximum absolute atomic E-state index is 17.7. The number of nitrogens with zero attached hydrogens (tertiary/aromatic N) is 8. The quantitative estimate of drug-likeness (QED) is 0.0265. The Morgan fingerprint density at radius 3 is 2.30 bits per heavy atom. The number of carbonyl (C=O) groups is 4. The highest BCUT2D eigenvalue weighted by Gasteiger charge is 2.47. The number of piperazine rings is 1. The number of halogens is 4. The number of methoxy groups -OCH3 is 1. The van der Waals surface area contributed by atoms with E-state index >= 15 is 8.78 Å². The molecule has 91 heavy (non-hydrogen) atoms. The van der Waals surface area contributed by atoms with Crippen LogP contribution in [-0.4, -0.2) is 172 Å². The van der Waals surface area contributed by atoms with Crippen molar-refractivity contribution in [2.24, 2.45) is 5.41 Å². The molecule has 7 atom stereocenters. The van der Waals surface area contributed by atoms with Crippen LogP contribution in [0.3, 0.4) is 0 Å². The summed E-state index contributed by atoms with van der Waals surface area (Å²) < 4.78 is 91.1. The number of aromatic nitrogens is 4. The number of fused-ring (bicyclic) bond motifs is 4. The first kappa shape index (κ1) is 65.7. The van der Waals surface area contributed by atoms with E-state index in [-0.39, 0.29) is 102 Å². The zero-order valence-electron chi connectivity index (χ0n) is 52.5. The summed E-state index contributed by atoms with van der Waals surface area (Å²) in [5.41, 5.74) is -1.24. The van der Waals surface area contributed by atoms with Gasteiger partial charge in [-0.3, -0.25) is 34.2 Å². The highest BCUT2D eigenvalue weighted by Crippen LogP contribution is 2.41. The predicted molar refractivity (Wildman–Crippen MR) is 332 cm³/mol. The number of amides is 4. The van der Waals surface area contributed by atoms with Gasteiger partial charge in [-0.15, -0.1) is 6.42 Å². The molecule has 4 saturated heterocycles. The van der Waals surface area contributed by atoms with Crippen molar-refractivity contribution in [3.05, 3.63) is 102 Å². The van der Waals surface area contributed by atoms with Gasteiger partial charge in [0.2, 0.25) is 17.7 Å². The molecule has 4 amide bonds. The standard InChI is InChI=1S/C67H78F4N10O10/c1-10-46-49(68)21-17-39-28-45(90-37-87-9)30-47(55(39)46)58-57(71)59-48(32-73-58)61(79-33-41-19-20-42(34-79)81(41)65(86)91-67(6,7)8)77-64(76-59)89-36-43-14-12-24-78(43)25-13-26-88-27-23-54(83)75-60(66(3,4)5)63(85)80-35-44(82)29-53(80)62(84)74-38(2)52-22-18-40(31-72-52)56-50(69)15-11-16-51(56)70/h1,11,15-18,21-22,28,30-32,38,41-44,53,60,82H,12-14,19-20,23-27,29,33-37H2,2-9H3,(H,74,84)(H,75,83)/t38-,41?,42?,43-,44+,53-,60+/m0/s1. The number of pyridine rings is 2. The van der Waals surface area contributed by atoms with Crippen molar-refractivity contribution < 1.29 is 65.5 Å². The number of terminal acetylenes is 1. The summed E-state index contributed by atoms with van der Waals surface area (Å²) in [4.78, 5) is 81.1. The zero-order chi connectivity index (χ0) is 65.1. The minimum absolute atomic E-state index is 0.0322. The van der Waals surface area contributed by atoms with Gasteiger partial charge in [-0.25, -0.2) is 22.4 Å². The fraction of sp³-hybridized carbons (Fsp3) is 0.493. The highest BCUT2D eigenvalue weighted by molar-refractivity contribution is 6.03. The summed E-state index contributed by atoms with van der Waals surface area (Å²) in [7, 11) is 1.46. The van der Waals surface area contributed by atoms with Crippen LogP contribution in [0.25, 0.3) is 44.1 Å². The van der Waals surface area contributed by atoms with E-state index in [4.69, 9.17) is 40.1 Å². The Hall–Kier alpha value is -8.24. The summed E-state index contributed by atoms with van der Waals surface area (Å²) >= 11 is 0. The molecule has 0 aliphatic carbocycles. The van der Waals surface area contributed by atoms with Crippen LogP contribution in [-0.2, 0) is 28.6 Å². The van der Waals surface area contributed by atoms with E-state index in [1.165, 1.54) is 54.7 Å². The molecule has 0 radical (unpaired) electrons. The SMILES string of the molecule is C#Cc1c(F)ccc2cc(OCOC)cc(-c3ncc4c(N5CC6CCC(C5)N6C(=O)OC(C)(C)C)nc(OC[C@@H]5CCCN5CCCOCCC(=O)N[C@H](C(=O)N5C[C@H](O)C[C@H]5C(=O)N[C@@H](C)c5ccc(-c6c(F)cccc6F)cn5)C(C)(C)C)nc4c3F)c12.